The highest BCUT2D eigenvalue weighted by atomic mass is 16.5. The zero-order chi connectivity index (χ0) is 22.1. The fourth-order valence-electron chi connectivity index (χ4n) is 2.02. The topological polar surface area (TPSA) is 21.6 Å². The molecule has 0 heterocycles. The molecule has 2 heteroatoms. The molecule has 29 heavy (non-hydrogen) atoms. The smallest absolute Gasteiger partial charge is 0.129 e. The van der Waals surface area contributed by atoms with Crippen molar-refractivity contribution in [2.45, 2.75) is 26.7 Å². The van der Waals surface area contributed by atoms with Crippen molar-refractivity contribution in [1.82, 2.24) is 0 Å². The van der Waals surface area contributed by atoms with Crippen LogP contribution in [0.25, 0.3) is 0 Å². The van der Waals surface area contributed by atoms with Crippen molar-refractivity contribution < 1.29 is 4.74 Å². The third kappa shape index (κ3) is 11.8. The van der Waals surface area contributed by atoms with Crippen molar-refractivity contribution in [3.63, 3.8) is 0 Å². The zero-order valence-corrected chi connectivity index (χ0v) is 17.9. The molecule has 0 rings (SSSR count). The predicted molar refractivity (Wildman–Crippen MR) is 131 cm³/mol. The van der Waals surface area contributed by atoms with Crippen LogP contribution in [0.15, 0.2) is 140 Å². The predicted octanol–water partition coefficient (Wildman–Crippen LogP) is 7.88. The van der Waals surface area contributed by atoms with Gasteiger partial charge in [-0.1, -0.05) is 82.0 Å². The number of allylic oxidation sites excluding steroid dienone is 13. The van der Waals surface area contributed by atoms with Crippen molar-refractivity contribution in [2.75, 3.05) is 0 Å². The first-order valence-corrected chi connectivity index (χ1v) is 9.46. The number of aliphatic imine (C=N–C) groups is 1. The molecule has 152 valence electrons. The largest absolute Gasteiger partial charge is 0.458 e. The van der Waals surface area contributed by atoms with Gasteiger partial charge in [-0.25, -0.2) is 4.99 Å². The van der Waals surface area contributed by atoms with Crippen molar-refractivity contribution in [3.05, 3.63) is 135 Å². The summed E-state index contributed by atoms with van der Waals surface area (Å²) < 4.78 is 5.69. The average Bonchev–Trinajstić information content (AvgIpc) is 2.70. The molecule has 0 aliphatic rings. The number of hydrogen-bond donors (Lipinski definition) is 0. The van der Waals surface area contributed by atoms with Gasteiger partial charge in [0, 0.05) is 5.57 Å². The third-order valence-electron chi connectivity index (χ3n) is 3.53. The molecular weight excluding hydrogens is 354 g/mol. The maximum Gasteiger partial charge on any atom is 0.129 e. The van der Waals surface area contributed by atoms with E-state index in [1.54, 1.807) is 6.08 Å². The van der Waals surface area contributed by atoms with Gasteiger partial charge in [-0.3, -0.25) is 0 Å². The second kappa shape index (κ2) is 15.6. The monoisotopic (exact) mass is 387 g/mol. The fourth-order valence-corrected chi connectivity index (χ4v) is 2.02. The minimum Gasteiger partial charge on any atom is -0.458 e. The molecule has 2 nitrogen and oxygen atoms in total. The van der Waals surface area contributed by atoms with Gasteiger partial charge in [0.2, 0.25) is 0 Å². The number of rotatable bonds is 14. The van der Waals surface area contributed by atoms with Crippen LogP contribution in [0.5, 0.6) is 0 Å². The zero-order valence-electron chi connectivity index (χ0n) is 17.9. The Bertz CT molecular complexity index is 807. The summed E-state index contributed by atoms with van der Waals surface area (Å²) in [4.78, 5) is 4.62. The van der Waals surface area contributed by atoms with Crippen LogP contribution in [0, 0.1) is 0 Å². The Kier molecular flexibility index (Phi) is 13.8. The molecule has 0 amide bonds. The van der Waals surface area contributed by atoms with E-state index in [2.05, 4.69) is 56.6 Å². The Morgan fingerprint density at radius 3 is 2.14 bits per heavy atom. The molecule has 0 spiro atoms. The molecule has 0 aliphatic carbocycles. The van der Waals surface area contributed by atoms with Crippen LogP contribution in [-0.2, 0) is 4.74 Å². The Morgan fingerprint density at radius 2 is 1.55 bits per heavy atom. The number of ether oxygens (including phenoxy) is 1. The van der Waals surface area contributed by atoms with Crippen LogP contribution in [0.1, 0.15) is 26.7 Å². The van der Waals surface area contributed by atoms with E-state index in [0.29, 0.717) is 28.5 Å². The summed E-state index contributed by atoms with van der Waals surface area (Å²) in [7, 11) is 0. The quantitative estimate of drug-likeness (QED) is 0.0976. The molecule has 0 atom stereocenters. The standard InChI is InChI=1S/C27H33NO/c1-9-13-14-15-16-17-19-26(25(8)29-24(7)12-4)27(21-20-22(5)11-3)28-23(6)18-10-2/h9-13,16-21H,3-8,14-15H2,1-2H3/b13-9-,17-16-,18-10-,21-20-,26-19+,28-27?. The molecule has 0 radical (unpaired) electrons. The van der Waals surface area contributed by atoms with E-state index in [1.807, 2.05) is 56.4 Å². The Balaban J connectivity index is 6.11. The van der Waals surface area contributed by atoms with E-state index in [0.717, 1.165) is 18.4 Å². The number of unbranched alkanes of at least 4 members (excludes halogenated alkanes) is 1. The molecular formula is C27H33NO. The Labute approximate surface area is 177 Å². The maximum atomic E-state index is 5.69. The first-order valence-electron chi connectivity index (χ1n) is 9.46. The van der Waals surface area contributed by atoms with Crippen molar-refractivity contribution in [2.24, 2.45) is 4.99 Å². The highest BCUT2D eigenvalue weighted by Crippen LogP contribution is 2.19. The molecule has 0 saturated heterocycles. The molecule has 0 aromatic heterocycles. The second-order valence-electron chi connectivity index (χ2n) is 5.95. The van der Waals surface area contributed by atoms with Gasteiger partial charge in [-0.15, -0.1) is 0 Å². The molecule has 0 aromatic carbocycles. The summed E-state index contributed by atoms with van der Waals surface area (Å²) in [5.74, 6) is 0.818. The van der Waals surface area contributed by atoms with Crippen molar-refractivity contribution in [1.29, 1.82) is 0 Å². The first kappa shape index (κ1) is 25.6. The molecule has 0 fully saturated rings. The SMILES string of the molecule is C=CC(=C)/C=C\C(=NC(=C)/C=C\C)/C(=C/C=C\CC/C=C\C)C(=C)OC(=C)C=C. The summed E-state index contributed by atoms with van der Waals surface area (Å²) in [5.41, 5.74) is 2.71. The van der Waals surface area contributed by atoms with E-state index in [-0.39, 0.29) is 0 Å². The van der Waals surface area contributed by atoms with E-state index < -0.39 is 0 Å². The summed E-state index contributed by atoms with van der Waals surface area (Å²) >= 11 is 0. The molecule has 0 N–H and O–H groups in total. The van der Waals surface area contributed by atoms with Gasteiger partial charge < -0.3 is 4.74 Å². The van der Waals surface area contributed by atoms with Gasteiger partial charge in [0.25, 0.3) is 0 Å². The lowest BCUT2D eigenvalue weighted by atomic mass is 10.1. The maximum absolute atomic E-state index is 5.69. The van der Waals surface area contributed by atoms with Crippen LogP contribution >= 0.6 is 0 Å². The lowest BCUT2D eigenvalue weighted by Crippen LogP contribution is -2.05. The van der Waals surface area contributed by atoms with E-state index in [4.69, 9.17) is 4.74 Å². The van der Waals surface area contributed by atoms with Gasteiger partial charge in [-0.2, -0.15) is 0 Å². The first-order chi connectivity index (χ1) is 13.9. The summed E-state index contributed by atoms with van der Waals surface area (Å²) in [6.45, 7) is 27.0. The second-order valence-corrected chi connectivity index (χ2v) is 5.95. The van der Waals surface area contributed by atoms with Crippen molar-refractivity contribution >= 4 is 5.71 Å². The molecule has 0 bridgehead atoms. The Hall–Kier alpha value is -3.39. The van der Waals surface area contributed by atoms with E-state index in [9.17, 15) is 0 Å². The van der Waals surface area contributed by atoms with Gasteiger partial charge in [-0.05, 0) is 56.6 Å². The van der Waals surface area contributed by atoms with Gasteiger partial charge in [0.1, 0.15) is 11.5 Å². The van der Waals surface area contributed by atoms with Crippen LogP contribution in [0.4, 0.5) is 0 Å². The van der Waals surface area contributed by atoms with Crippen LogP contribution < -0.4 is 0 Å². The van der Waals surface area contributed by atoms with Gasteiger partial charge in [0.05, 0.1) is 11.4 Å². The van der Waals surface area contributed by atoms with Gasteiger partial charge >= 0.3 is 0 Å². The average molecular weight is 388 g/mol. The summed E-state index contributed by atoms with van der Waals surface area (Å²) in [5, 5.41) is 0. The Morgan fingerprint density at radius 1 is 0.862 bits per heavy atom. The molecule has 0 unspecified atom stereocenters. The third-order valence-corrected chi connectivity index (χ3v) is 3.53. The number of hydrogen-bond acceptors (Lipinski definition) is 2. The summed E-state index contributed by atoms with van der Waals surface area (Å²) in [6.07, 6.45) is 22.6. The van der Waals surface area contributed by atoms with E-state index >= 15 is 0 Å². The fraction of sp³-hybridized carbons (Fsp3) is 0.148. The molecule has 0 aromatic rings. The number of nitrogens with zero attached hydrogens (tertiary/aromatic N) is 1. The minimum absolute atomic E-state index is 0.407. The molecule has 0 aliphatic heterocycles. The van der Waals surface area contributed by atoms with Gasteiger partial charge in [0.15, 0.2) is 0 Å². The van der Waals surface area contributed by atoms with Crippen LogP contribution in [-0.4, -0.2) is 5.71 Å². The minimum atomic E-state index is 0.407. The van der Waals surface area contributed by atoms with Crippen molar-refractivity contribution in [3.8, 4) is 0 Å². The molecule has 0 saturated carbocycles. The highest BCUT2D eigenvalue weighted by Gasteiger charge is 2.11. The lowest BCUT2D eigenvalue weighted by Gasteiger charge is -2.13. The highest BCUT2D eigenvalue weighted by molar-refractivity contribution is 6.12. The van der Waals surface area contributed by atoms with Crippen LogP contribution in [0.3, 0.4) is 0 Å². The van der Waals surface area contributed by atoms with Crippen LogP contribution in [0.2, 0.25) is 0 Å². The van der Waals surface area contributed by atoms with E-state index in [1.165, 1.54) is 6.08 Å². The lowest BCUT2D eigenvalue weighted by molar-refractivity contribution is 0.337. The summed E-state index contributed by atoms with van der Waals surface area (Å²) in [6, 6.07) is 0. The normalized spacial score (nSPS) is 12.8.